The Bertz CT molecular complexity index is 1110. The first-order valence-electron chi connectivity index (χ1n) is 13.2. The summed E-state index contributed by atoms with van der Waals surface area (Å²) in [6.07, 6.45) is -0.300. The third kappa shape index (κ3) is 9.20. The molecule has 3 heterocycles. The fourth-order valence-corrected chi connectivity index (χ4v) is 4.39. The van der Waals surface area contributed by atoms with Gasteiger partial charge >= 0.3 is 12.1 Å². The lowest BCUT2D eigenvalue weighted by molar-refractivity contribution is -0.153. The summed E-state index contributed by atoms with van der Waals surface area (Å²) in [5.74, 6) is -3.54. The van der Waals surface area contributed by atoms with Crippen LogP contribution in [0.3, 0.4) is 0 Å². The Balaban J connectivity index is 1.54. The zero-order valence-electron chi connectivity index (χ0n) is 22.3. The van der Waals surface area contributed by atoms with Crippen LogP contribution in [0, 0.1) is 6.92 Å². The fraction of sp³-hybridized carbons (Fsp3) is 0.615. The van der Waals surface area contributed by atoms with Crippen LogP contribution < -0.4 is 10.6 Å². The van der Waals surface area contributed by atoms with Gasteiger partial charge in [0.15, 0.2) is 11.6 Å². The summed E-state index contributed by atoms with van der Waals surface area (Å²) in [5, 5.41) is 15.1. The standard InChI is InChI=1S/C26H36F3N5O5/c1-3-38-16-15-34(13-5-4-8-19-10-9-18-7-6-12-30-23(18)32-19)14-11-20(25(36)37)33-24(35)21-22(26(27,28)29)39-17(2)31-21/h9-10,20H,3-8,11-16H2,1-2H3,(H,30,32)(H,33,35)(H,36,37)/t20-/m0/s1. The summed E-state index contributed by atoms with van der Waals surface area (Å²) in [6, 6.07) is 2.77. The average molecular weight is 556 g/mol. The number of alkyl halides is 3. The second-order valence-electron chi connectivity index (χ2n) is 9.40. The number of fused-ring (bicyclic) bond motifs is 1. The number of aromatic nitrogens is 2. The summed E-state index contributed by atoms with van der Waals surface area (Å²) in [4.78, 5) is 34.5. The van der Waals surface area contributed by atoms with Gasteiger partial charge in [0.25, 0.3) is 5.91 Å². The number of oxazole rings is 1. The van der Waals surface area contributed by atoms with E-state index < -0.39 is 35.5 Å². The molecule has 0 spiro atoms. The minimum Gasteiger partial charge on any atom is -0.480 e. The van der Waals surface area contributed by atoms with Crippen molar-refractivity contribution in [1.29, 1.82) is 0 Å². The highest BCUT2D eigenvalue weighted by Crippen LogP contribution is 2.32. The van der Waals surface area contributed by atoms with E-state index in [9.17, 15) is 27.9 Å². The van der Waals surface area contributed by atoms with Crippen LogP contribution in [-0.4, -0.2) is 77.3 Å². The zero-order chi connectivity index (χ0) is 28.4. The Morgan fingerprint density at radius 1 is 1.23 bits per heavy atom. The van der Waals surface area contributed by atoms with Gasteiger partial charge in [0.05, 0.1) is 6.61 Å². The molecule has 0 saturated heterocycles. The highest BCUT2D eigenvalue weighted by Gasteiger charge is 2.42. The smallest absolute Gasteiger partial charge is 0.452 e. The topological polar surface area (TPSA) is 130 Å². The third-order valence-corrected chi connectivity index (χ3v) is 6.41. The van der Waals surface area contributed by atoms with Crippen LogP contribution in [0.4, 0.5) is 19.0 Å². The normalized spacial score (nSPS) is 14.1. The van der Waals surface area contributed by atoms with Crippen LogP contribution in [0.15, 0.2) is 16.5 Å². The minimum absolute atomic E-state index is 0.0105. The van der Waals surface area contributed by atoms with E-state index in [2.05, 4.69) is 32.2 Å². The number of carboxylic acid groups (broad SMARTS) is 1. The number of nitrogens with zero attached hydrogens (tertiary/aromatic N) is 3. The molecule has 0 fully saturated rings. The second-order valence-corrected chi connectivity index (χ2v) is 9.40. The molecule has 0 bridgehead atoms. The quantitative estimate of drug-likeness (QED) is 0.282. The molecule has 2 aromatic rings. The maximum Gasteiger partial charge on any atom is 0.452 e. The lowest BCUT2D eigenvalue weighted by Gasteiger charge is -2.24. The number of aliphatic carboxylic acids is 1. The van der Waals surface area contributed by atoms with Crippen LogP contribution in [0.25, 0.3) is 0 Å². The Kier molecular flexibility index (Phi) is 11.1. The number of pyridine rings is 1. The largest absolute Gasteiger partial charge is 0.480 e. The number of anilines is 1. The van der Waals surface area contributed by atoms with Crippen LogP contribution in [-0.2, 0) is 28.5 Å². The monoisotopic (exact) mass is 555 g/mol. The summed E-state index contributed by atoms with van der Waals surface area (Å²) in [7, 11) is 0. The van der Waals surface area contributed by atoms with Crippen molar-refractivity contribution in [1.82, 2.24) is 20.2 Å². The number of carbonyl (C=O) groups excluding carboxylic acids is 1. The molecular weight excluding hydrogens is 519 g/mol. The SMILES string of the molecule is CCOCCN(CCCCc1ccc2c(n1)NCCC2)CC[C@H](NC(=O)c1nc(C)oc1C(F)(F)F)C(=O)O. The lowest BCUT2D eigenvalue weighted by atomic mass is 10.1. The van der Waals surface area contributed by atoms with E-state index in [4.69, 9.17) is 9.72 Å². The number of amides is 1. The van der Waals surface area contributed by atoms with E-state index in [0.717, 1.165) is 50.2 Å². The van der Waals surface area contributed by atoms with E-state index in [1.807, 2.05) is 11.8 Å². The molecule has 0 saturated carbocycles. The molecule has 39 heavy (non-hydrogen) atoms. The number of aryl methyl sites for hydroxylation is 3. The molecule has 1 amide bonds. The Labute approximate surface area is 225 Å². The Morgan fingerprint density at radius 2 is 2.03 bits per heavy atom. The van der Waals surface area contributed by atoms with Crippen LogP contribution in [0.1, 0.15) is 66.0 Å². The molecule has 0 radical (unpaired) electrons. The number of carboxylic acids is 1. The first-order chi connectivity index (χ1) is 18.6. The van der Waals surface area contributed by atoms with Crippen LogP contribution in [0.5, 0.6) is 0 Å². The van der Waals surface area contributed by atoms with E-state index in [1.165, 1.54) is 12.5 Å². The maximum atomic E-state index is 13.2. The number of hydrogen-bond donors (Lipinski definition) is 3. The third-order valence-electron chi connectivity index (χ3n) is 6.41. The number of unbranched alkanes of at least 4 members (excludes halogenated alkanes) is 1. The van der Waals surface area contributed by atoms with Gasteiger partial charge in [0.2, 0.25) is 5.76 Å². The highest BCUT2D eigenvalue weighted by molar-refractivity contribution is 5.95. The number of hydrogen-bond acceptors (Lipinski definition) is 8. The van der Waals surface area contributed by atoms with Gasteiger partial charge in [-0.15, -0.1) is 0 Å². The van der Waals surface area contributed by atoms with Crippen LogP contribution >= 0.6 is 0 Å². The number of nitrogens with one attached hydrogen (secondary N) is 2. The fourth-order valence-electron chi connectivity index (χ4n) is 4.39. The van der Waals surface area contributed by atoms with Crippen molar-refractivity contribution < 1.29 is 37.0 Å². The summed E-state index contributed by atoms with van der Waals surface area (Å²) >= 11 is 0. The molecule has 0 unspecified atom stereocenters. The van der Waals surface area contributed by atoms with Gasteiger partial charge in [0, 0.05) is 38.9 Å². The molecule has 0 aliphatic carbocycles. The number of carbonyl (C=O) groups is 2. The van der Waals surface area contributed by atoms with Crippen molar-refractivity contribution >= 4 is 17.7 Å². The van der Waals surface area contributed by atoms with E-state index in [-0.39, 0.29) is 12.3 Å². The first-order valence-corrected chi connectivity index (χ1v) is 13.2. The first kappa shape index (κ1) is 30.4. The van der Waals surface area contributed by atoms with E-state index in [0.29, 0.717) is 32.8 Å². The van der Waals surface area contributed by atoms with Gasteiger partial charge in [-0.1, -0.05) is 6.07 Å². The van der Waals surface area contributed by atoms with Gasteiger partial charge in [-0.2, -0.15) is 13.2 Å². The van der Waals surface area contributed by atoms with Gasteiger partial charge in [0.1, 0.15) is 11.9 Å². The van der Waals surface area contributed by atoms with Gasteiger partial charge in [-0.25, -0.2) is 14.8 Å². The summed E-state index contributed by atoms with van der Waals surface area (Å²) < 4.78 is 49.6. The van der Waals surface area contributed by atoms with Crippen molar-refractivity contribution in [3.63, 3.8) is 0 Å². The molecule has 1 atom stereocenters. The van der Waals surface area contributed by atoms with Crippen molar-refractivity contribution in [2.45, 2.75) is 64.6 Å². The molecule has 3 N–H and O–H groups in total. The number of ether oxygens (including phenoxy) is 1. The number of rotatable bonds is 15. The molecule has 216 valence electrons. The predicted octanol–water partition coefficient (Wildman–Crippen LogP) is 3.69. The maximum absolute atomic E-state index is 13.2. The minimum atomic E-state index is -4.94. The molecule has 1 aliphatic rings. The molecule has 0 aromatic carbocycles. The van der Waals surface area contributed by atoms with Crippen molar-refractivity contribution in [3.05, 3.63) is 40.7 Å². The summed E-state index contributed by atoms with van der Waals surface area (Å²) in [5.41, 5.74) is 1.27. The molecular formula is C26H36F3N5O5. The zero-order valence-corrected chi connectivity index (χ0v) is 22.3. The van der Waals surface area contributed by atoms with E-state index in [1.54, 1.807) is 0 Å². The predicted molar refractivity (Wildman–Crippen MR) is 137 cm³/mol. The van der Waals surface area contributed by atoms with Gasteiger partial charge in [-0.3, -0.25) is 4.79 Å². The second kappa shape index (κ2) is 14.3. The van der Waals surface area contributed by atoms with E-state index >= 15 is 0 Å². The summed E-state index contributed by atoms with van der Waals surface area (Å²) in [6.45, 7) is 6.49. The van der Waals surface area contributed by atoms with Gasteiger partial charge in [-0.05, 0) is 63.6 Å². The molecule has 1 aliphatic heterocycles. The van der Waals surface area contributed by atoms with Crippen molar-refractivity contribution in [3.8, 4) is 0 Å². The molecule has 10 nitrogen and oxygen atoms in total. The Morgan fingerprint density at radius 3 is 2.74 bits per heavy atom. The van der Waals surface area contributed by atoms with Crippen LogP contribution in [0.2, 0.25) is 0 Å². The van der Waals surface area contributed by atoms with Gasteiger partial charge < -0.3 is 29.8 Å². The molecule has 13 heteroatoms. The van der Waals surface area contributed by atoms with Crippen molar-refractivity contribution in [2.75, 3.05) is 44.7 Å². The molecule has 3 rings (SSSR count). The average Bonchev–Trinajstić information content (AvgIpc) is 3.30. The highest BCUT2D eigenvalue weighted by atomic mass is 19.4. The van der Waals surface area contributed by atoms with Crippen molar-refractivity contribution in [2.24, 2.45) is 0 Å². The lowest BCUT2D eigenvalue weighted by Crippen LogP contribution is -2.44. The molecule has 2 aromatic heterocycles. The number of halogens is 3. The Hall–Kier alpha value is -3.19.